The van der Waals surface area contributed by atoms with Crippen LogP contribution in [0.5, 0.6) is 0 Å². The van der Waals surface area contributed by atoms with Crippen LogP contribution in [0.2, 0.25) is 0 Å². The SMILES string of the molecule is CCCCc1ccc(-c2cccc3cc(B4OC(C)(C)C(C)(C)O4)ccc23)cc1. The van der Waals surface area contributed by atoms with Gasteiger partial charge >= 0.3 is 7.12 Å². The number of unbranched alkanes of at least 4 members (excludes halogenated alkanes) is 1. The van der Waals surface area contributed by atoms with Crippen LogP contribution in [0.25, 0.3) is 21.9 Å². The lowest BCUT2D eigenvalue weighted by Crippen LogP contribution is -2.41. The molecule has 0 aliphatic carbocycles. The third-order valence-corrected chi connectivity index (χ3v) is 6.51. The molecule has 29 heavy (non-hydrogen) atoms. The number of benzene rings is 3. The highest BCUT2D eigenvalue weighted by atomic mass is 16.7. The van der Waals surface area contributed by atoms with Crippen LogP contribution >= 0.6 is 0 Å². The molecule has 0 amide bonds. The van der Waals surface area contributed by atoms with Gasteiger partial charge < -0.3 is 9.31 Å². The van der Waals surface area contributed by atoms with Crippen molar-refractivity contribution in [1.82, 2.24) is 0 Å². The van der Waals surface area contributed by atoms with Crippen molar-refractivity contribution in [3.05, 3.63) is 66.2 Å². The molecule has 0 unspecified atom stereocenters. The summed E-state index contributed by atoms with van der Waals surface area (Å²) in [6.07, 6.45) is 3.63. The van der Waals surface area contributed by atoms with Crippen LogP contribution in [0.15, 0.2) is 60.7 Å². The fraction of sp³-hybridized carbons (Fsp3) is 0.385. The average Bonchev–Trinajstić information content (AvgIpc) is 2.93. The maximum atomic E-state index is 6.24. The monoisotopic (exact) mass is 386 g/mol. The molecular weight excluding hydrogens is 355 g/mol. The van der Waals surface area contributed by atoms with Gasteiger partial charge in [-0.15, -0.1) is 0 Å². The Hall–Kier alpha value is -2.10. The number of hydrogen-bond acceptors (Lipinski definition) is 2. The van der Waals surface area contributed by atoms with E-state index in [9.17, 15) is 0 Å². The maximum Gasteiger partial charge on any atom is 0.494 e. The molecule has 0 radical (unpaired) electrons. The van der Waals surface area contributed by atoms with E-state index in [4.69, 9.17) is 9.31 Å². The third kappa shape index (κ3) is 3.86. The largest absolute Gasteiger partial charge is 0.494 e. The highest BCUT2D eigenvalue weighted by molar-refractivity contribution is 6.62. The second-order valence-corrected chi connectivity index (χ2v) is 9.17. The first-order valence-corrected chi connectivity index (χ1v) is 10.8. The highest BCUT2D eigenvalue weighted by Gasteiger charge is 2.51. The molecule has 4 rings (SSSR count). The fourth-order valence-corrected chi connectivity index (χ4v) is 3.91. The molecular formula is C26H31BO2. The average molecular weight is 386 g/mol. The maximum absolute atomic E-state index is 6.24. The number of rotatable bonds is 5. The summed E-state index contributed by atoms with van der Waals surface area (Å²) in [5.74, 6) is 0. The quantitative estimate of drug-likeness (QED) is 0.490. The van der Waals surface area contributed by atoms with Gasteiger partial charge in [0, 0.05) is 0 Å². The number of fused-ring (bicyclic) bond motifs is 1. The van der Waals surface area contributed by atoms with Crippen molar-refractivity contribution in [3.8, 4) is 11.1 Å². The lowest BCUT2D eigenvalue weighted by atomic mass is 9.78. The van der Waals surface area contributed by atoms with E-state index in [1.807, 2.05) is 0 Å². The topological polar surface area (TPSA) is 18.5 Å². The van der Waals surface area contributed by atoms with Gasteiger partial charge in [0.2, 0.25) is 0 Å². The second kappa shape index (κ2) is 7.62. The molecule has 1 heterocycles. The molecule has 0 atom stereocenters. The number of aryl methyl sites for hydroxylation is 1. The smallest absolute Gasteiger partial charge is 0.399 e. The van der Waals surface area contributed by atoms with Crippen LogP contribution in [-0.2, 0) is 15.7 Å². The van der Waals surface area contributed by atoms with Crippen molar-refractivity contribution in [2.24, 2.45) is 0 Å². The highest BCUT2D eigenvalue weighted by Crippen LogP contribution is 2.37. The minimum absolute atomic E-state index is 0.325. The second-order valence-electron chi connectivity index (χ2n) is 9.17. The molecule has 1 fully saturated rings. The van der Waals surface area contributed by atoms with Crippen LogP contribution in [0.3, 0.4) is 0 Å². The molecule has 1 saturated heterocycles. The van der Waals surface area contributed by atoms with E-state index in [1.54, 1.807) is 0 Å². The third-order valence-electron chi connectivity index (χ3n) is 6.51. The Kier molecular flexibility index (Phi) is 5.31. The predicted molar refractivity (Wildman–Crippen MR) is 124 cm³/mol. The first kappa shape index (κ1) is 20.2. The molecule has 0 aromatic heterocycles. The van der Waals surface area contributed by atoms with Crippen LogP contribution in [-0.4, -0.2) is 18.3 Å². The van der Waals surface area contributed by atoms with E-state index in [0.29, 0.717) is 0 Å². The minimum Gasteiger partial charge on any atom is -0.399 e. The van der Waals surface area contributed by atoms with Crippen LogP contribution in [0.1, 0.15) is 53.0 Å². The predicted octanol–water partition coefficient (Wildman–Crippen LogP) is 6.15. The standard InChI is InChI=1S/C26H31BO2/c1-6-7-9-19-12-14-20(15-13-19)23-11-8-10-21-18-22(16-17-24(21)23)27-28-25(2,3)26(4,5)29-27/h8,10-18H,6-7,9H2,1-5H3. The van der Waals surface area contributed by atoms with Gasteiger partial charge in [0.15, 0.2) is 0 Å². The molecule has 0 N–H and O–H groups in total. The van der Waals surface area contributed by atoms with Crippen molar-refractivity contribution < 1.29 is 9.31 Å². The summed E-state index contributed by atoms with van der Waals surface area (Å²) in [5.41, 5.74) is 4.37. The van der Waals surface area contributed by atoms with Gasteiger partial charge in [-0.1, -0.05) is 74.0 Å². The Morgan fingerprint density at radius 1 is 0.828 bits per heavy atom. The van der Waals surface area contributed by atoms with Crippen molar-refractivity contribution in [3.63, 3.8) is 0 Å². The van der Waals surface area contributed by atoms with Crippen molar-refractivity contribution in [1.29, 1.82) is 0 Å². The van der Waals surface area contributed by atoms with Crippen molar-refractivity contribution in [2.45, 2.75) is 65.1 Å². The van der Waals surface area contributed by atoms with Gasteiger partial charge in [-0.05, 0) is 73.5 Å². The molecule has 3 heteroatoms. The zero-order chi connectivity index (χ0) is 20.6. The van der Waals surface area contributed by atoms with E-state index in [-0.39, 0.29) is 18.3 Å². The van der Waals surface area contributed by atoms with Crippen LogP contribution in [0.4, 0.5) is 0 Å². The van der Waals surface area contributed by atoms with Crippen LogP contribution in [0, 0.1) is 0 Å². The van der Waals surface area contributed by atoms with Crippen molar-refractivity contribution in [2.75, 3.05) is 0 Å². The van der Waals surface area contributed by atoms with Gasteiger partial charge in [-0.3, -0.25) is 0 Å². The van der Waals surface area contributed by atoms with E-state index in [2.05, 4.69) is 95.3 Å². The normalized spacial score (nSPS) is 17.8. The summed E-state index contributed by atoms with van der Waals surface area (Å²) >= 11 is 0. The summed E-state index contributed by atoms with van der Waals surface area (Å²) in [7, 11) is -0.328. The summed E-state index contributed by atoms with van der Waals surface area (Å²) in [5, 5.41) is 2.47. The van der Waals surface area contributed by atoms with E-state index in [1.165, 1.54) is 40.3 Å². The Bertz CT molecular complexity index is 989. The van der Waals surface area contributed by atoms with Crippen molar-refractivity contribution >= 4 is 23.4 Å². The lowest BCUT2D eigenvalue weighted by molar-refractivity contribution is 0.00578. The molecule has 0 bridgehead atoms. The van der Waals surface area contributed by atoms with Gasteiger partial charge in [0.1, 0.15) is 0 Å². The zero-order valence-corrected chi connectivity index (χ0v) is 18.3. The molecule has 0 spiro atoms. The minimum atomic E-state index is -0.328. The molecule has 3 aromatic rings. The van der Waals surface area contributed by atoms with Gasteiger partial charge in [-0.25, -0.2) is 0 Å². The summed E-state index contributed by atoms with van der Waals surface area (Å²) in [6, 6.07) is 22.1. The molecule has 3 aromatic carbocycles. The molecule has 150 valence electrons. The Morgan fingerprint density at radius 2 is 1.52 bits per heavy atom. The molecule has 2 nitrogen and oxygen atoms in total. The zero-order valence-electron chi connectivity index (χ0n) is 18.3. The molecule has 0 saturated carbocycles. The Morgan fingerprint density at radius 3 is 2.17 bits per heavy atom. The van der Waals surface area contributed by atoms with E-state index in [0.717, 1.165) is 11.9 Å². The number of hydrogen-bond donors (Lipinski definition) is 0. The lowest BCUT2D eigenvalue weighted by Gasteiger charge is -2.32. The first-order valence-electron chi connectivity index (χ1n) is 10.8. The van der Waals surface area contributed by atoms with E-state index >= 15 is 0 Å². The molecule has 1 aliphatic rings. The Labute approximate surface area is 175 Å². The summed E-state index contributed by atoms with van der Waals surface area (Å²) in [4.78, 5) is 0. The summed E-state index contributed by atoms with van der Waals surface area (Å²) in [6.45, 7) is 10.6. The first-order chi connectivity index (χ1) is 13.8. The summed E-state index contributed by atoms with van der Waals surface area (Å²) < 4.78 is 12.5. The fourth-order valence-electron chi connectivity index (χ4n) is 3.91. The van der Waals surface area contributed by atoms with Crippen LogP contribution < -0.4 is 5.46 Å². The Balaban J connectivity index is 1.65. The van der Waals surface area contributed by atoms with Gasteiger partial charge in [-0.2, -0.15) is 0 Å². The molecule has 1 aliphatic heterocycles. The van der Waals surface area contributed by atoms with Gasteiger partial charge in [0.05, 0.1) is 11.2 Å². The van der Waals surface area contributed by atoms with E-state index < -0.39 is 0 Å². The van der Waals surface area contributed by atoms with Gasteiger partial charge in [0.25, 0.3) is 0 Å².